The van der Waals surface area contributed by atoms with Crippen molar-refractivity contribution in [2.45, 2.75) is 84.0 Å². The van der Waals surface area contributed by atoms with E-state index >= 15 is 0 Å². The minimum atomic E-state index is -0.354. The van der Waals surface area contributed by atoms with Crippen molar-refractivity contribution < 1.29 is 14.7 Å². The van der Waals surface area contributed by atoms with Gasteiger partial charge < -0.3 is 20.6 Å². The Morgan fingerprint density at radius 2 is 2.12 bits per heavy atom. The van der Waals surface area contributed by atoms with E-state index in [-0.39, 0.29) is 35.0 Å². The maximum absolute atomic E-state index is 13.5. The lowest BCUT2D eigenvalue weighted by atomic mass is 9.89. The molecule has 3 heterocycles. The first kappa shape index (κ1) is 23.6. The molecule has 33 heavy (non-hydrogen) atoms. The van der Waals surface area contributed by atoms with Crippen LogP contribution in [0.4, 0.5) is 5.82 Å². The van der Waals surface area contributed by atoms with Gasteiger partial charge in [0.15, 0.2) is 5.01 Å². The van der Waals surface area contributed by atoms with Crippen LogP contribution in [-0.2, 0) is 0 Å². The molecule has 2 aliphatic rings. The van der Waals surface area contributed by atoms with Crippen molar-refractivity contribution >= 4 is 29.0 Å². The van der Waals surface area contributed by atoms with Crippen molar-refractivity contribution in [3.63, 3.8) is 0 Å². The highest BCUT2D eigenvalue weighted by Crippen LogP contribution is 2.35. The monoisotopic (exact) mass is 471 g/mol. The molecule has 1 aliphatic heterocycles. The molecule has 0 radical (unpaired) electrons. The number of thiazole rings is 1. The van der Waals surface area contributed by atoms with E-state index < -0.39 is 0 Å². The number of nitrogens with zero attached hydrogens (tertiary/aromatic N) is 3. The number of aromatic nitrogens is 2. The number of aryl methyl sites for hydroxylation is 1. The number of aliphatic hydroxyl groups excluding tert-OH is 1. The Labute approximate surface area is 198 Å². The predicted octanol–water partition coefficient (Wildman–Crippen LogP) is 3.60. The van der Waals surface area contributed by atoms with Crippen LogP contribution < -0.4 is 10.6 Å². The van der Waals surface area contributed by atoms with Crippen LogP contribution in [0, 0.1) is 6.92 Å². The zero-order valence-electron chi connectivity index (χ0n) is 19.7. The Morgan fingerprint density at radius 3 is 2.73 bits per heavy atom. The van der Waals surface area contributed by atoms with E-state index in [1.54, 1.807) is 6.20 Å². The minimum Gasteiger partial charge on any atom is -0.393 e. The van der Waals surface area contributed by atoms with Gasteiger partial charge in [-0.1, -0.05) is 6.92 Å². The summed E-state index contributed by atoms with van der Waals surface area (Å²) >= 11 is 1.23. The number of carbonyl (C=O) groups is 2. The fourth-order valence-electron chi connectivity index (χ4n) is 4.30. The molecule has 2 aromatic heterocycles. The van der Waals surface area contributed by atoms with Crippen LogP contribution in [0.1, 0.15) is 78.7 Å². The van der Waals surface area contributed by atoms with E-state index in [1.807, 2.05) is 17.9 Å². The van der Waals surface area contributed by atoms with E-state index in [4.69, 9.17) is 0 Å². The molecule has 0 aromatic carbocycles. The SMILES string of the molecule is CC[C@@H](C)Nc1cc(C)c(-c2sc(C(=O)N[C@H]3C[C@H](O)C3)nc2C(=O)N2CCC[C@@H]2C)cn1. The molecule has 0 bridgehead atoms. The second-order valence-electron chi connectivity index (χ2n) is 9.32. The highest BCUT2D eigenvalue weighted by atomic mass is 32.1. The molecule has 1 saturated carbocycles. The topological polar surface area (TPSA) is 107 Å². The summed E-state index contributed by atoms with van der Waals surface area (Å²) in [4.78, 5) is 37.9. The van der Waals surface area contributed by atoms with Crippen LogP contribution in [-0.4, -0.2) is 62.6 Å². The summed E-state index contributed by atoms with van der Waals surface area (Å²) in [6, 6.07) is 2.39. The molecule has 1 saturated heterocycles. The molecule has 178 valence electrons. The van der Waals surface area contributed by atoms with Crippen molar-refractivity contribution in [1.29, 1.82) is 0 Å². The third-order valence-corrected chi connectivity index (χ3v) is 7.74. The summed E-state index contributed by atoms with van der Waals surface area (Å²) in [5.41, 5.74) is 2.10. The third kappa shape index (κ3) is 5.04. The number of likely N-dealkylation sites (tertiary alicyclic amines) is 1. The first-order valence-corrected chi connectivity index (χ1v) is 12.6. The Bertz CT molecular complexity index is 1030. The highest BCUT2D eigenvalue weighted by molar-refractivity contribution is 7.17. The Balaban J connectivity index is 1.67. The van der Waals surface area contributed by atoms with Crippen LogP contribution in [0.2, 0.25) is 0 Å². The second kappa shape index (κ2) is 9.77. The van der Waals surface area contributed by atoms with Crippen LogP contribution in [0.15, 0.2) is 12.3 Å². The van der Waals surface area contributed by atoms with Crippen molar-refractivity contribution in [3.8, 4) is 10.4 Å². The third-order valence-electron chi connectivity index (χ3n) is 6.65. The number of aliphatic hydroxyl groups is 1. The zero-order chi connectivity index (χ0) is 23.7. The largest absolute Gasteiger partial charge is 0.393 e. The quantitative estimate of drug-likeness (QED) is 0.570. The van der Waals surface area contributed by atoms with Crippen LogP contribution in [0.3, 0.4) is 0 Å². The minimum absolute atomic E-state index is 0.0491. The summed E-state index contributed by atoms with van der Waals surface area (Å²) in [5.74, 6) is 0.357. The molecule has 1 aliphatic carbocycles. The molecule has 2 fully saturated rings. The average molecular weight is 472 g/mol. The molecule has 3 N–H and O–H groups in total. The van der Waals surface area contributed by atoms with Gasteiger partial charge in [0.05, 0.1) is 11.0 Å². The lowest BCUT2D eigenvalue weighted by Gasteiger charge is -2.31. The van der Waals surface area contributed by atoms with Gasteiger partial charge in [-0.2, -0.15) is 0 Å². The Hall–Kier alpha value is -2.52. The van der Waals surface area contributed by atoms with Gasteiger partial charge in [-0.05, 0) is 64.5 Å². The van der Waals surface area contributed by atoms with Crippen molar-refractivity contribution in [2.75, 3.05) is 11.9 Å². The molecular formula is C24H33N5O3S. The lowest BCUT2D eigenvalue weighted by molar-refractivity contribution is 0.0562. The number of carbonyl (C=O) groups excluding carboxylic acids is 2. The molecule has 4 rings (SSSR count). The van der Waals surface area contributed by atoms with E-state index in [1.165, 1.54) is 11.3 Å². The molecular weight excluding hydrogens is 438 g/mol. The van der Waals surface area contributed by atoms with Crippen molar-refractivity contribution in [3.05, 3.63) is 28.5 Å². The van der Waals surface area contributed by atoms with Gasteiger partial charge >= 0.3 is 0 Å². The van der Waals surface area contributed by atoms with Crippen LogP contribution in [0.5, 0.6) is 0 Å². The molecule has 0 spiro atoms. The molecule has 0 unspecified atom stereocenters. The van der Waals surface area contributed by atoms with Crippen molar-refractivity contribution in [2.24, 2.45) is 0 Å². The number of pyridine rings is 1. The van der Waals surface area contributed by atoms with Gasteiger partial charge in [-0.15, -0.1) is 11.3 Å². The number of hydrogen-bond donors (Lipinski definition) is 3. The number of rotatable bonds is 7. The fourth-order valence-corrected chi connectivity index (χ4v) is 5.33. The van der Waals surface area contributed by atoms with E-state index in [9.17, 15) is 14.7 Å². The van der Waals surface area contributed by atoms with E-state index in [2.05, 4.69) is 41.4 Å². The zero-order valence-corrected chi connectivity index (χ0v) is 20.5. The van der Waals surface area contributed by atoms with Crippen LogP contribution >= 0.6 is 11.3 Å². The Morgan fingerprint density at radius 1 is 1.36 bits per heavy atom. The van der Waals surface area contributed by atoms with Gasteiger partial charge in [0.2, 0.25) is 0 Å². The smallest absolute Gasteiger partial charge is 0.280 e. The van der Waals surface area contributed by atoms with E-state index in [0.717, 1.165) is 36.2 Å². The summed E-state index contributed by atoms with van der Waals surface area (Å²) < 4.78 is 0. The molecule has 8 nitrogen and oxygen atoms in total. The normalized spacial score (nSPS) is 23.2. The molecule has 2 atom stereocenters. The summed E-state index contributed by atoms with van der Waals surface area (Å²) in [7, 11) is 0. The van der Waals surface area contributed by atoms with Gasteiger partial charge in [0.1, 0.15) is 11.5 Å². The average Bonchev–Trinajstić information content (AvgIpc) is 3.39. The number of amides is 2. The summed E-state index contributed by atoms with van der Waals surface area (Å²) in [5, 5.41) is 16.1. The first-order chi connectivity index (χ1) is 15.8. The lowest BCUT2D eigenvalue weighted by Crippen LogP contribution is -2.46. The van der Waals surface area contributed by atoms with Crippen molar-refractivity contribution in [1.82, 2.24) is 20.2 Å². The van der Waals surface area contributed by atoms with Gasteiger partial charge in [0, 0.05) is 36.4 Å². The van der Waals surface area contributed by atoms with Gasteiger partial charge in [-0.3, -0.25) is 9.59 Å². The highest BCUT2D eigenvalue weighted by Gasteiger charge is 2.33. The van der Waals surface area contributed by atoms with Crippen LogP contribution in [0.25, 0.3) is 10.4 Å². The second-order valence-corrected chi connectivity index (χ2v) is 10.3. The molecule has 9 heteroatoms. The summed E-state index contributed by atoms with van der Waals surface area (Å²) in [6.45, 7) is 8.96. The fraction of sp³-hybridized carbons (Fsp3) is 0.583. The van der Waals surface area contributed by atoms with Gasteiger partial charge in [-0.25, -0.2) is 9.97 Å². The Kier molecular flexibility index (Phi) is 6.99. The summed E-state index contributed by atoms with van der Waals surface area (Å²) in [6.07, 6.45) is 5.44. The molecule has 2 aromatic rings. The standard InChI is InChI=1S/C24H33N5O3S/c1-5-14(3)26-19-9-13(2)18(12-25-19)21-20(24(32)29-8-6-7-15(29)4)28-23(33-21)22(31)27-16-10-17(30)11-16/h9,12,14-17,30H,5-8,10-11H2,1-4H3,(H,25,26)(H,27,31)/t14-,15+,16-,17-/m1/s1. The predicted molar refractivity (Wildman–Crippen MR) is 130 cm³/mol. The number of anilines is 1. The number of nitrogens with one attached hydrogen (secondary N) is 2. The maximum atomic E-state index is 13.5. The maximum Gasteiger partial charge on any atom is 0.280 e. The van der Waals surface area contributed by atoms with Gasteiger partial charge in [0.25, 0.3) is 11.8 Å². The number of hydrogen-bond acceptors (Lipinski definition) is 7. The molecule has 2 amide bonds. The first-order valence-electron chi connectivity index (χ1n) is 11.8. The van der Waals surface area contributed by atoms with E-state index in [0.29, 0.717) is 36.0 Å².